The predicted octanol–water partition coefficient (Wildman–Crippen LogP) is 7.24. The van der Waals surface area contributed by atoms with Crippen molar-refractivity contribution < 1.29 is 37.3 Å². The lowest BCUT2D eigenvalue weighted by molar-refractivity contribution is -0.134. The van der Waals surface area contributed by atoms with E-state index in [9.17, 15) is 18.4 Å². The first kappa shape index (κ1) is 27.6. The molecule has 0 unspecified atom stereocenters. The summed E-state index contributed by atoms with van der Waals surface area (Å²) in [6.45, 7) is 9.92. The Bertz CT molecular complexity index is 1310. The second-order valence-electron chi connectivity index (χ2n) is 8.01. The first-order chi connectivity index (χ1) is 18.2. The number of hydrogen-bond donors (Lipinski definition) is 0. The highest BCUT2D eigenvalue weighted by Crippen LogP contribution is 2.31. The normalized spacial score (nSPS) is 10.8. The molecule has 0 atom stereocenters. The lowest BCUT2D eigenvalue weighted by Crippen LogP contribution is -1.99. The molecule has 0 amide bonds. The van der Waals surface area contributed by atoms with Gasteiger partial charge in [-0.3, -0.25) is 0 Å². The molecule has 0 N–H and O–H groups in total. The molecule has 0 aliphatic heterocycles. The minimum absolute atomic E-state index is 0.207. The first-order valence-electron chi connectivity index (χ1n) is 11.2. The Labute approximate surface area is 218 Å². The first-order valence-corrected chi connectivity index (χ1v) is 11.2. The van der Waals surface area contributed by atoms with Crippen LogP contribution in [0.25, 0.3) is 22.3 Å². The zero-order valence-electron chi connectivity index (χ0n) is 20.7. The molecule has 0 saturated heterocycles. The Morgan fingerprint density at radius 2 is 1.00 bits per heavy atom. The second kappa shape index (κ2) is 12.8. The molecule has 38 heavy (non-hydrogen) atoms. The molecule has 8 heteroatoms. The summed E-state index contributed by atoms with van der Waals surface area (Å²) in [5.74, 6) is -1.85. The zero-order chi connectivity index (χ0) is 27.7. The zero-order valence-corrected chi connectivity index (χ0v) is 20.7. The van der Waals surface area contributed by atoms with Gasteiger partial charge in [0.15, 0.2) is 0 Å². The van der Waals surface area contributed by atoms with Crippen molar-refractivity contribution >= 4 is 11.9 Å². The van der Waals surface area contributed by atoms with Crippen molar-refractivity contribution in [3.8, 4) is 33.8 Å². The van der Waals surface area contributed by atoms with Crippen LogP contribution >= 0.6 is 0 Å². The van der Waals surface area contributed by atoms with Gasteiger partial charge in [-0.25, -0.2) is 18.4 Å². The fourth-order valence-corrected chi connectivity index (χ4v) is 3.03. The lowest BCUT2D eigenvalue weighted by Gasteiger charge is -2.09. The van der Waals surface area contributed by atoms with Crippen LogP contribution in [0.1, 0.15) is 13.8 Å². The number of rotatable bonds is 10. The number of halogens is 2. The molecule has 3 aromatic rings. The van der Waals surface area contributed by atoms with Gasteiger partial charge in [0.1, 0.15) is 48.2 Å². The third-order valence-electron chi connectivity index (χ3n) is 4.95. The Kier molecular flexibility index (Phi) is 9.31. The maximum atomic E-state index is 14.7. The summed E-state index contributed by atoms with van der Waals surface area (Å²) in [5, 5.41) is 0. The number of carbonyl (C=O) groups excluding carboxylic acids is 2. The number of ether oxygens (including phenoxy) is 4. The van der Waals surface area contributed by atoms with E-state index in [2.05, 4.69) is 13.2 Å². The highest BCUT2D eigenvalue weighted by molar-refractivity contribution is 5.87. The van der Waals surface area contributed by atoms with Crippen LogP contribution in [0.2, 0.25) is 0 Å². The van der Waals surface area contributed by atoms with Crippen LogP contribution in [0.15, 0.2) is 110 Å². The number of hydrogen-bond acceptors (Lipinski definition) is 6. The SMILES string of the molecule is C=C(C)C(=O)O/C=C\Oc1ccc(-c2ccc(-c3ccc(O/C=C\OC(=O)C(=C)C)cc3F)cc2)c(F)c1. The molecule has 0 aliphatic rings. The van der Waals surface area contributed by atoms with E-state index in [1.807, 2.05) is 0 Å². The second-order valence-corrected chi connectivity index (χ2v) is 8.01. The van der Waals surface area contributed by atoms with Gasteiger partial charge in [0, 0.05) is 34.4 Å². The van der Waals surface area contributed by atoms with Gasteiger partial charge in [0.25, 0.3) is 0 Å². The van der Waals surface area contributed by atoms with E-state index in [4.69, 9.17) is 18.9 Å². The average Bonchev–Trinajstić information content (AvgIpc) is 2.89. The third kappa shape index (κ3) is 7.51. The maximum Gasteiger partial charge on any atom is 0.338 e. The van der Waals surface area contributed by atoms with Gasteiger partial charge < -0.3 is 18.9 Å². The fourth-order valence-electron chi connectivity index (χ4n) is 3.03. The number of benzene rings is 3. The number of carbonyl (C=O) groups is 2. The molecule has 6 nitrogen and oxygen atoms in total. The molecule has 0 saturated carbocycles. The molecule has 194 valence electrons. The molecule has 0 radical (unpaired) electrons. The van der Waals surface area contributed by atoms with Crippen molar-refractivity contribution in [2.75, 3.05) is 0 Å². The topological polar surface area (TPSA) is 71.1 Å². The van der Waals surface area contributed by atoms with Gasteiger partial charge in [0.05, 0.1) is 0 Å². The summed E-state index contributed by atoms with van der Waals surface area (Å²) in [6, 6.07) is 15.3. The van der Waals surface area contributed by atoms with Gasteiger partial charge in [-0.15, -0.1) is 0 Å². The molecule has 3 aromatic carbocycles. The Morgan fingerprint density at radius 3 is 1.32 bits per heavy atom. The Hall–Kier alpha value is -4.98. The van der Waals surface area contributed by atoms with Crippen LogP contribution in [-0.4, -0.2) is 11.9 Å². The van der Waals surface area contributed by atoms with Crippen molar-refractivity contribution in [3.05, 3.63) is 122 Å². The lowest BCUT2D eigenvalue weighted by atomic mass is 9.99. The summed E-state index contributed by atoms with van der Waals surface area (Å²) in [7, 11) is 0. The molecule has 0 aliphatic carbocycles. The van der Waals surface area contributed by atoms with E-state index >= 15 is 0 Å². The molecular formula is C30H24F2O6. The molecule has 0 spiro atoms. The highest BCUT2D eigenvalue weighted by Gasteiger charge is 2.10. The maximum absolute atomic E-state index is 14.7. The minimum Gasteiger partial charge on any atom is -0.462 e. The summed E-state index contributed by atoms with van der Waals surface area (Å²) in [6.07, 6.45) is 4.31. The molecule has 0 bridgehead atoms. The molecule has 3 rings (SSSR count). The fraction of sp³-hybridized carbons (Fsp3) is 0.0667. The van der Waals surface area contributed by atoms with Crippen molar-refractivity contribution in [1.29, 1.82) is 0 Å². The Morgan fingerprint density at radius 1 is 0.632 bits per heavy atom. The monoisotopic (exact) mass is 518 g/mol. The van der Waals surface area contributed by atoms with Gasteiger partial charge in [-0.1, -0.05) is 37.4 Å². The van der Waals surface area contributed by atoms with E-state index in [1.165, 1.54) is 26.0 Å². The largest absolute Gasteiger partial charge is 0.462 e. The Balaban J connectivity index is 1.65. The third-order valence-corrected chi connectivity index (χ3v) is 4.95. The van der Waals surface area contributed by atoms with Crippen LogP contribution in [0.5, 0.6) is 11.5 Å². The van der Waals surface area contributed by atoms with E-state index in [1.54, 1.807) is 48.5 Å². The highest BCUT2D eigenvalue weighted by atomic mass is 19.1. The van der Waals surface area contributed by atoms with E-state index in [0.717, 1.165) is 25.0 Å². The van der Waals surface area contributed by atoms with Crippen molar-refractivity contribution in [2.24, 2.45) is 0 Å². The number of esters is 2. The minimum atomic E-state index is -0.602. The van der Waals surface area contributed by atoms with Crippen LogP contribution in [0.3, 0.4) is 0 Å². The van der Waals surface area contributed by atoms with Crippen LogP contribution < -0.4 is 9.47 Å². The smallest absolute Gasteiger partial charge is 0.338 e. The van der Waals surface area contributed by atoms with E-state index in [-0.39, 0.29) is 22.6 Å². The summed E-state index contributed by atoms with van der Waals surface area (Å²) in [4.78, 5) is 22.6. The molecular weight excluding hydrogens is 494 g/mol. The van der Waals surface area contributed by atoms with Crippen molar-refractivity contribution in [3.63, 3.8) is 0 Å². The van der Waals surface area contributed by atoms with E-state index < -0.39 is 23.6 Å². The van der Waals surface area contributed by atoms with Crippen LogP contribution in [-0.2, 0) is 19.1 Å². The molecule has 0 heterocycles. The van der Waals surface area contributed by atoms with Gasteiger partial charge >= 0.3 is 11.9 Å². The van der Waals surface area contributed by atoms with Crippen LogP contribution in [0.4, 0.5) is 8.78 Å². The molecule has 0 fully saturated rings. The van der Waals surface area contributed by atoms with Crippen LogP contribution in [0, 0.1) is 11.6 Å². The van der Waals surface area contributed by atoms with Crippen molar-refractivity contribution in [2.45, 2.75) is 13.8 Å². The summed E-state index contributed by atoms with van der Waals surface area (Å²) < 4.78 is 49.4. The summed E-state index contributed by atoms with van der Waals surface area (Å²) in [5.41, 5.74) is 2.28. The summed E-state index contributed by atoms with van der Waals surface area (Å²) >= 11 is 0. The quantitative estimate of drug-likeness (QED) is 0.160. The average molecular weight is 519 g/mol. The molecule has 0 aromatic heterocycles. The van der Waals surface area contributed by atoms with Gasteiger partial charge in [-0.2, -0.15) is 0 Å². The van der Waals surface area contributed by atoms with E-state index in [0.29, 0.717) is 22.3 Å². The van der Waals surface area contributed by atoms with Crippen molar-refractivity contribution in [1.82, 2.24) is 0 Å². The van der Waals surface area contributed by atoms with Gasteiger partial charge in [0.2, 0.25) is 0 Å². The van der Waals surface area contributed by atoms with Gasteiger partial charge in [-0.05, 0) is 49.2 Å². The standard InChI is InChI=1S/C30H24F2O6/c1-19(2)29(33)37-15-13-35-23-9-11-25(27(31)17-23)21-5-7-22(8-6-21)26-12-10-24(18-28(26)32)36-14-16-38-30(34)20(3)4/h5-18H,1,3H2,2,4H3/b15-13-,16-14-. The predicted molar refractivity (Wildman–Crippen MR) is 139 cm³/mol.